The van der Waals surface area contributed by atoms with Crippen LogP contribution in [0.15, 0.2) is 24.3 Å². The normalized spacial score (nSPS) is 15.8. The van der Waals surface area contributed by atoms with Crippen LogP contribution in [0.25, 0.3) is 0 Å². The summed E-state index contributed by atoms with van der Waals surface area (Å²) in [7, 11) is -3.34. The van der Waals surface area contributed by atoms with E-state index in [9.17, 15) is 18.0 Å². The Morgan fingerprint density at radius 2 is 1.68 bits per heavy atom. The SMILES string of the molecule is CCN(CC)C(=O)CN1CCCN(C(=O)c2ccc(NS(C)(=O)=O)cc2)CC1. The molecule has 9 heteroatoms. The van der Waals surface area contributed by atoms with Crippen molar-refractivity contribution in [3.05, 3.63) is 29.8 Å². The molecule has 1 fully saturated rings. The summed E-state index contributed by atoms with van der Waals surface area (Å²) >= 11 is 0. The predicted octanol–water partition coefficient (Wildman–Crippen LogP) is 1.07. The largest absolute Gasteiger partial charge is 0.342 e. The third-order valence-electron chi connectivity index (χ3n) is 4.79. The van der Waals surface area contributed by atoms with E-state index < -0.39 is 10.0 Å². The van der Waals surface area contributed by atoms with Crippen LogP contribution in [0.4, 0.5) is 5.69 Å². The number of hydrogen-bond donors (Lipinski definition) is 1. The maximum Gasteiger partial charge on any atom is 0.253 e. The molecule has 156 valence electrons. The lowest BCUT2D eigenvalue weighted by atomic mass is 10.2. The van der Waals surface area contributed by atoms with Gasteiger partial charge in [-0.05, 0) is 44.5 Å². The van der Waals surface area contributed by atoms with E-state index >= 15 is 0 Å². The molecule has 1 aromatic rings. The van der Waals surface area contributed by atoms with Gasteiger partial charge in [0.1, 0.15) is 0 Å². The van der Waals surface area contributed by atoms with E-state index in [0.717, 1.165) is 19.2 Å². The summed E-state index contributed by atoms with van der Waals surface area (Å²) in [6.07, 6.45) is 1.89. The summed E-state index contributed by atoms with van der Waals surface area (Å²) in [6.45, 7) is 8.39. The minimum absolute atomic E-state index is 0.0807. The van der Waals surface area contributed by atoms with Crippen molar-refractivity contribution in [2.45, 2.75) is 20.3 Å². The number of sulfonamides is 1. The molecular formula is C19H30N4O4S. The highest BCUT2D eigenvalue weighted by Crippen LogP contribution is 2.14. The molecule has 0 saturated carbocycles. The maximum atomic E-state index is 12.8. The average Bonchev–Trinajstić information content (AvgIpc) is 2.87. The molecule has 2 amide bonds. The highest BCUT2D eigenvalue weighted by molar-refractivity contribution is 7.92. The smallest absolute Gasteiger partial charge is 0.253 e. The van der Waals surface area contributed by atoms with Crippen molar-refractivity contribution in [1.29, 1.82) is 0 Å². The van der Waals surface area contributed by atoms with Crippen molar-refractivity contribution in [2.75, 3.05) is 56.8 Å². The second-order valence-electron chi connectivity index (χ2n) is 6.94. The third kappa shape index (κ3) is 6.49. The van der Waals surface area contributed by atoms with Gasteiger partial charge in [0.2, 0.25) is 15.9 Å². The predicted molar refractivity (Wildman–Crippen MR) is 110 cm³/mol. The Labute approximate surface area is 167 Å². The summed E-state index contributed by atoms with van der Waals surface area (Å²) < 4.78 is 24.9. The Bertz CT molecular complexity index is 776. The molecule has 8 nitrogen and oxygen atoms in total. The lowest BCUT2D eigenvalue weighted by Crippen LogP contribution is -2.42. The van der Waals surface area contributed by atoms with Gasteiger partial charge in [0.25, 0.3) is 5.91 Å². The van der Waals surface area contributed by atoms with E-state index in [1.807, 2.05) is 18.7 Å². The van der Waals surface area contributed by atoms with Crippen LogP contribution in [-0.4, -0.2) is 87.0 Å². The molecule has 2 rings (SSSR count). The molecule has 0 bridgehead atoms. The summed E-state index contributed by atoms with van der Waals surface area (Å²) in [6, 6.07) is 6.42. The first-order chi connectivity index (χ1) is 13.2. The van der Waals surface area contributed by atoms with Crippen molar-refractivity contribution >= 4 is 27.5 Å². The monoisotopic (exact) mass is 410 g/mol. The summed E-state index contributed by atoms with van der Waals surface area (Å²) in [5.41, 5.74) is 0.947. The summed E-state index contributed by atoms with van der Waals surface area (Å²) in [5.74, 6) is 0.0431. The summed E-state index contributed by atoms with van der Waals surface area (Å²) in [5, 5.41) is 0. The lowest BCUT2D eigenvalue weighted by molar-refractivity contribution is -0.132. The number of rotatable bonds is 7. The number of hydrogen-bond acceptors (Lipinski definition) is 5. The lowest BCUT2D eigenvalue weighted by Gasteiger charge is -2.25. The first-order valence-electron chi connectivity index (χ1n) is 9.60. The number of benzene rings is 1. The highest BCUT2D eigenvalue weighted by atomic mass is 32.2. The molecular weight excluding hydrogens is 380 g/mol. The van der Waals surface area contributed by atoms with Crippen LogP contribution < -0.4 is 4.72 Å². The van der Waals surface area contributed by atoms with Crippen LogP contribution in [-0.2, 0) is 14.8 Å². The molecule has 0 atom stereocenters. The van der Waals surface area contributed by atoms with Gasteiger partial charge in [-0.1, -0.05) is 0 Å². The Morgan fingerprint density at radius 3 is 2.25 bits per heavy atom. The number of nitrogens with one attached hydrogen (secondary N) is 1. The first-order valence-corrected chi connectivity index (χ1v) is 11.5. The number of amides is 2. The molecule has 1 saturated heterocycles. The van der Waals surface area contributed by atoms with Gasteiger partial charge in [-0.15, -0.1) is 0 Å². The van der Waals surface area contributed by atoms with Gasteiger partial charge in [0, 0.05) is 50.5 Å². The number of nitrogens with zero attached hydrogens (tertiary/aromatic N) is 3. The molecule has 0 radical (unpaired) electrons. The fourth-order valence-electron chi connectivity index (χ4n) is 3.28. The van der Waals surface area contributed by atoms with Gasteiger partial charge >= 0.3 is 0 Å². The number of carbonyl (C=O) groups is 2. The molecule has 0 aromatic heterocycles. The van der Waals surface area contributed by atoms with Gasteiger partial charge in [-0.25, -0.2) is 8.42 Å². The minimum atomic E-state index is -3.34. The van der Waals surface area contributed by atoms with E-state index in [4.69, 9.17) is 0 Å². The Hall–Kier alpha value is -2.13. The second-order valence-corrected chi connectivity index (χ2v) is 8.69. The van der Waals surface area contributed by atoms with E-state index in [1.54, 1.807) is 29.2 Å². The van der Waals surface area contributed by atoms with Crippen molar-refractivity contribution in [1.82, 2.24) is 14.7 Å². The summed E-state index contributed by atoms with van der Waals surface area (Å²) in [4.78, 5) is 30.8. The molecule has 0 unspecified atom stereocenters. The van der Waals surface area contributed by atoms with Gasteiger partial charge in [-0.2, -0.15) is 0 Å². The fraction of sp³-hybridized carbons (Fsp3) is 0.579. The minimum Gasteiger partial charge on any atom is -0.342 e. The Kier molecular flexibility index (Phi) is 7.82. The zero-order valence-corrected chi connectivity index (χ0v) is 17.7. The zero-order valence-electron chi connectivity index (χ0n) is 16.8. The fourth-order valence-corrected chi connectivity index (χ4v) is 3.84. The third-order valence-corrected chi connectivity index (χ3v) is 5.39. The second kappa shape index (κ2) is 9.88. The van der Waals surface area contributed by atoms with Gasteiger partial charge in [0.05, 0.1) is 12.8 Å². The number of likely N-dealkylation sites (N-methyl/N-ethyl adjacent to an activating group) is 1. The van der Waals surface area contributed by atoms with Gasteiger partial charge in [-0.3, -0.25) is 19.2 Å². The van der Waals surface area contributed by atoms with Crippen molar-refractivity contribution in [2.24, 2.45) is 0 Å². The zero-order chi connectivity index (χ0) is 20.7. The molecule has 1 aliphatic rings. The van der Waals surface area contributed by atoms with Crippen molar-refractivity contribution in [3.8, 4) is 0 Å². The Balaban J connectivity index is 1.94. The van der Waals surface area contributed by atoms with E-state index in [2.05, 4.69) is 9.62 Å². The van der Waals surface area contributed by atoms with Crippen molar-refractivity contribution in [3.63, 3.8) is 0 Å². The average molecular weight is 411 g/mol. The van der Waals surface area contributed by atoms with Gasteiger partial charge < -0.3 is 9.80 Å². The van der Waals surface area contributed by atoms with Crippen molar-refractivity contribution < 1.29 is 18.0 Å². The van der Waals surface area contributed by atoms with Gasteiger partial charge in [0.15, 0.2) is 0 Å². The van der Waals surface area contributed by atoms with Crippen LogP contribution >= 0.6 is 0 Å². The van der Waals surface area contributed by atoms with E-state index in [-0.39, 0.29) is 11.8 Å². The topological polar surface area (TPSA) is 90.0 Å². The molecule has 0 aliphatic carbocycles. The standard InChI is InChI=1S/C19H30N4O4S/c1-4-22(5-2)18(24)15-21-11-6-12-23(14-13-21)19(25)16-7-9-17(10-8-16)20-28(3,26)27/h7-10,20H,4-6,11-15H2,1-3H3. The molecule has 1 aromatic carbocycles. The molecule has 0 spiro atoms. The van der Waals surface area contributed by atoms with Crippen LogP contribution in [0.2, 0.25) is 0 Å². The highest BCUT2D eigenvalue weighted by Gasteiger charge is 2.22. The van der Waals surface area contributed by atoms with E-state index in [1.165, 1.54) is 0 Å². The van der Waals surface area contributed by atoms with E-state index in [0.29, 0.717) is 50.5 Å². The molecule has 1 aliphatic heterocycles. The first kappa shape index (κ1) is 22.2. The van der Waals surface area contributed by atoms with Crippen LogP contribution in [0, 0.1) is 0 Å². The van der Waals surface area contributed by atoms with Crippen LogP contribution in [0.3, 0.4) is 0 Å². The maximum absolute atomic E-state index is 12.8. The van der Waals surface area contributed by atoms with Crippen LogP contribution in [0.5, 0.6) is 0 Å². The molecule has 1 heterocycles. The quantitative estimate of drug-likeness (QED) is 0.726. The molecule has 28 heavy (non-hydrogen) atoms. The number of anilines is 1. The Morgan fingerprint density at radius 1 is 1.04 bits per heavy atom. The van der Waals surface area contributed by atoms with Crippen LogP contribution in [0.1, 0.15) is 30.6 Å². The number of carbonyl (C=O) groups excluding carboxylic acids is 2. The molecule has 1 N–H and O–H groups in total.